The average molecular weight is 375 g/mol. The van der Waals surface area contributed by atoms with Crippen LogP contribution in [0, 0.1) is 13.8 Å². The van der Waals surface area contributed by atoms with Gasteiger partial charge in [-0.2, -0.15) is 0 Å². The van der Waals surface area contributed by atoms with E-state index in [1.807, 2.05) is 46.0 Å². The van der Waals surface area contributed by atoms with Gasteiger partial charge in [-0.3, -0.25) is 4.99 Å². The fraction of sp³-hybridized carbons (Fsp3) is 0.333. The second kappa shape index (κ2) is 10.5. The van der Waals surface area contributed by atoms with Crippen molar-refractivity contribution in [2.75, 3.05) is 0 Å². The second-order valence-electron chi connectivity index (χ2n) is 6.17. The number of aliphatic imine (C=N–C) groups is 1. The van der Waals surface area contributed by atoms with Crippen LogP contribution in [0.5, 0.6) is 0 Å². The Bertz CT molecular complexity index is 945. The minimum atomic E-state index is 0.448. The highest BCUT2D eigenvalue weighted by molar-refractivity contribution is 5.80. The van der Waals surface area contributed by atoms with Crippen molar-refractivity contribution in [1.82, 2.24) is 15.2 Å². The lowest BCUT2D eigenvalue weighted by atomic mass is 10.1. The van der Waals surface area contributed by atoms with Crippen LogP contribution in [0.4, 0.5) is 0 Å². The lowest BCUT2D eigenvalue weighted by Crippen LogP contribution is -2.01. The largest absolute Gasteiger partial charge is 0.284 e. The molecule has 28 heavy (non-hydrogen) atoms. The van der Waals surface area contributed by atoms with Gasteiger partial charge >= 0.3 is 0 Å². The molecular formula is C24H30N4. The summed E-state index contributed by atoms with van der Waals surface area (Å²) in [4.78, 5) is 9.11. The smallest absolute Gasteiger partial charge is 0.172 e. The van der Waals surface area contributed by atoms with Gasteiger partial charge in [0.25, 0.3) is 0 Å². The van der Waals surface area contributed by atoms with E-state index in [4.69, 9.17) is 0 Å². The molecule has 0 saturated carbocycles. The number of rotatable bonds is 3. The molecule has 4 heteroatoms. The molecule has 0 saturated heterocycles. The first-order valence-corrected chi connectivity index (χ1v) is 10.1. The molecule has 0 fully saturated rings. The number of fused-ring (bicyclic) bond motifs is 3. The van der Waals surface area contributed by atoms with Crippen LogP contribution in [0.2, 0.25) is 0 Å². The highest BCUT2D eigenvalue weighted by atomic mass is 15.2. The number of aromatic nitrogens is 3. The van der Waals surface area contributed by atoms with Crippen LogP contribution in [-0.4, -0.2) is 21.4 Å². The third-order valence-electron chi connectivity index (χ3n) is 4.44. The Hall–Kier alpha value is -2.88. The molecule has 4 rings (SSSR count). The van der Waals surface area contributed by atoms with E-state index >= 15 is 0 Å². The quantitative estimate of drug-likeness (QED) is 0.430. The van der Waals surface area contributed by atoms with Crippen molar-refractivity contribution < 1.29 is 0 Å². The van der Waals surface area contributed by atoms with E-state index in [9.17, 15) is 0 Å². The lowest BCUT2D eigenvalue weighted by Gasteiger charge is -2.01. The van der Waals surface area contributed by atoms with E-state index < -0.39 is 0 Å². The Labute approximate surface area is 168 Å². The fourth-order valence-electron chi connectivity index (χ4n) is 2.96. The minimum Gasteiger partial charge on any atom is -0.284 e. The van der Waals surface area contributed by atoms with Gasteiger partial charge in [0.1, 0.15) is 12.2 Å². The van der Waals surface area contributed by atoms with Crippen molar-refractivity contribution in [2.45, 2.75) is 54.5 Å². The first-order chi connectivity index (χ1) is 13.7. The molecule has 0 amide bonds. The molecule has 0 bridgehead atoms. The predicted molar refractivity (Wildman–Crippen MR) is 118 cm³/mol. The van der Waals surface area contributed by atoms with E-state index in [1.54, 1.807) is 0 Å². The van der Waals surface area contributed by atoms with Gasteiger partial charge in [-0.15, -0.1) is 10.2 Å². The molecular weight excluding hydrogens is 344 g/mol. The van der Waals surface area contributed by atoms with E-state index in [2.05, 4.69) is 64.4 Å². The second-order valence-corrected chi connectivity index (χ2v) is 6.17. The molecule has 0 aliphatic heterocycles. The summed E-state index contributed by atoms with van der Waals surface area (Å²) in [5.74, 6) is 0.668. The summed E-state index contributed by atoms with van der Waals surface area (Å²) in [6.45, 7) is 12.7. The normalized spacial score (nSPS) is 11.1. The molecule has 146 valence electrons. The van der Waals surface area contributed by atoms with Gasteiger partial charge in [-0.05, 0) is 36.1 Å². The van der Waals surface area contributed by atoms with Crippen LogP contribution in [-0.2, 0) is 13.0 Å². The molecule has 0 radical (unpaired) electrons. The molecule has 0 atom stereocenters. The van der Waals surface area contributed by atoms with Gasteiger partial charge in [-0.25, -0.2) is 4.98 Å². The van der Waals surface area contributed by atoms with E-state index in [0.717, 1.165) is 28.9 Å². The SMILES string of the molecule is CC.CC.Cc1ccc(C=NCc2nnc3c(n2)Cc2ccccc2-3)cc1C. The van der Waals surface area contributed by atoms with Crippen molar-refractivity contribution in [3.63, 3.8) is 0 Å². The van der Waals surface area contributed by atoms with Gasteiger partial charge in [0, 0.05) is 18.2 Å². The van der Waals surface area contributed by atoms with Crippen molar-refractivity contribution in [3.8, 4) is 11.3 Å². The molecule has 1 aliphatic rings. The van der Waals surface area contributed by atoms with E-state index in [1.165, 1.54) is 16.7 Å². The third-order valence-corrected chi connectivity index (χ3v) is 4.44. The number of hydrogen-bond acceptors (Lipinski definition) is 4. The lowest BCUT2D eigenvalue weighted by molar-refractivity contribution is 0.819. The van der Waals surface area contributed by atoms with Crippen LogP contribution in [0.25, 0.3) is 11.3 Å². The minimum absolute atomic E-state index is 0.448. The molecule has 1 heterocycles. The van der Waals surface area contributed by atoms with Gasteiger partial charge in [0.15, 0.2) is 5.82 Å². The Morgan fingerprint density at radius 2 is 1.68 bits per heavy atom. The Balaban J connectivity index is 0.000000660. The number of aryl methyl sites for hydroxylation is 2. The first-order valence-electron chi connectivity index (χ1n) is 10.1. The summed E-state index contributed by atoms with van der Waals surface area (Å²) in [6, 6.07) is 14.6. The van der Waals surface area contributed by atoms with Crippen LogP contribution in [0.3, 0.4) is 0 Å². The molecule has 2 aromatic carbocycles. The summed E-state index contributed by atoms with van der Waals surface area (Å²) in [6.07, 6.45) is 2.70. The van der Waals surface area contributed by atoms with Gasteiger partial charge in [-0.1, -0.05) is 70.2 Å². The Morgan fingerprint density at radius 3 is 2.43 bits per heavy atom. The van der Waals surface area contributed by atoms with Crippen molar-refractivity contribution >= 4 is 6.21 Å². The van der Waals surface area contributed by atoms with Crippen LogP contribution in [0.15, 0.2) is 47.5 Å². The molecule has 4 nitrogen and oxygen atoms in total. The summed E-state index contributed by atoms with van der Waals surface area (Å²) in [7, 11) is 0. The molecule has 0 unspecified atom stereocenters. The van der Waals surface area contributed by atoms with Crippen LogP contribution in [0.1, 0.15) is 61.5 Å². The zero-order valence-electron chi connectivity index (χ0n) is 17.8. The molecule has 0 spiro atoms. The highest BCUT2D eigenvalue weighted by Gasteiger charge is 2.21. The monoisotopic (exact) mass is 374 g/mol. The van der Waals surface area contributed by atoms with E-state index in [-0.39, 0.29) is 0 Å². The summed E-state index contributed by atoms with van der Waals surface area (Å²) < 4.78 is 0. The summed E-state index contributed by atoms with van der Waals surface area (Å²) in [5.41, 5.74) is 7.99. The van der Waals surface area contributed by atoms with Crippen LogP contribution >= 0.6 is 0 Å². The predicted octanol–water partition coefficient (Wildman–Crippen LogP) is 5.73. The number of benzene rings is 2. The molecule has 3 aromatic rings. The average Bonchev–Trinajstić information content (AvgIpc) is 3.11. The standard InChI is InChI=1S/C20H18N4.2C2H6/c1-13-7-8-15(9-14(13)2)11-21-12-19-22-18-10-16-5-3-4-6-17(16)20(18)24-23-19;2*1-2/h3-9,11H,10,12H2,1-2H3;2*1-2H3. The Morgan fingerprint density at radius 1 is 0.929 bits per heavy atom. The number of nitrogens with zero attached hydrogens (tertiary/aromatic N) is 4. The first kappa shape index (κ1) is 21.4. The topological polar surface area (TPSA) is 51.0 Å². The zero-order valence-corrected chi connectivity index (χ0v) is 17.8. The van der Waals surface area contributed by atoms with Crippen molar-refractivity contribution in [2.24, 2.45) is 4.99 Å². The van der Waals surface area contributed by atoms with Gasteiger partial charge in [0.2, 0.25) is 0 Å². The fourth-order valence-corrected chi connectivity index (χ4v) is 2.96. The van der Waals surface area contributed by atoms with Gasteiger partial charge < -0.3 is 0 Å². The molecule has 1 aliphatic carbocycles. The highest BCUT2D eigenvalue weighted by Crippen LogP contribution is 2.32. The molecule has 0 N–H and O–H groups in total. The van der Waals surface area contributed by atoms with Crippen molar-refractivity contribution in [1.29, 1.82) is 0 Å². The molecule has 1 aromatic heterocycles. The third kappa shape index (κ3) is 4.89. The zero-order chi connectivity index (χ0) is 20.5. The van der Waals surface area contributed by atoms with Crippen molar-refractivity contribution in [3.05, 3.63) is 76.2 Å². The maximum Gasteiger partial charge on any atom is 0.172 e. The maximum absolute atomic E-state index is 4.64. The maximum atomic E-state index is 4.64. The van der Waals surface area contributed by atoms with Gasteiger partial charge in [0.05, 0.1) is 5.69 Å². The number of hydrogen-bond donors (Lipinski definition) is 0. The van der Waals surface area contributed by atoms with E-state index in [0.29, 0.717) is 12.4 Å². The summed E-state index contributed by atoms with van der Waals surface area (Å²) in [5, 5.41) is 8.60. The van der Waals surface area contributed by atoms with Crippen LogP contribution < -0.4 is 0 Å². The summed E-state index contributed by atoms with van der Waals surface area (Å²) >= 11 is 0. The Kier molecular flexibility index (Phi) is 8.00.